The van der Waals surface area contributed by atoms with Crippen molar-refractivity contribution >= 4 is 11.9 Å². The minimum atomic E-state index is -1.89. The van der Waals surface area contributed by atoms with Gasteiger partial charge in [-0.1, -0.05) is 0 Å². The quantitative estimate of drug-likeness (QED) is 0.547. The van der Waals surface area contributed by atoms with Crippen molar-refractivity contribution in [3.8, 4) is 5.75 Å². The molecule has 0 radical (unpaired) electrons. The molecule has 1 saturated heterocycles. The second-order valence-electron chi connectivity index (χ2n) is 11.9. The largest absolute Gasteiger partial charge is 0.493 e. The molecule has 35 heavy (non-hydrogen) atoms. The number of amides is 1. The zero-order valence-electron chi connectivity index (χ0n) is 19.4. The Bertz CT molecular complexity index is 1050. The number of carboxylic acid groups (broad SMARTS) is 1. The smallest absolute Gasteiger partial charge is 0.326 e. The summed E-state index contributed by atoms with van der Waals surface area (Å²) >= 11 is 0. The molecule has 1 aliphatic heterocycles. The van der Waals surface area contributed by atoms with Crippen LogP contribution in [0.25, 0.3) is 0 Å². The molecule has 4 bridgehead atoms. The van der Waals surface area contributed by atoms with Gasteiger partial charge in [-0.15, -0.1) is 0 Å². The van der Waals surface area contributed by atoms with Gasteiger partial charge in [0.15, 0.2) is 0 Å². The Kier molecular flexibility index (Phi) is 4.85. The number of hydrogen-bond donors (Lipinski definition) is 1. The van der Waals surface area contributed by atoms with E-state index in [2.05, 4.69) is 0 Å². The highest BCUT2D eigenvalue weighted by atomic mass is 19.2. The molecule has 6 fully saturated rings. The Hall–Kier alpha value is -2.32. The normalized spacial score (nSPS) is 39.8. The van der Waals surface area contributed by atoms with Crippen LogP contribution in [0.1, 0.15) is 86.0 Å². The van der Waals surface area contributed by atoms with Gasteiger partial charge in [-0.2, -0.15) is 0 Å². The molecular formula is C26H29F4NO4. The first kappa shape index (κ1) is 23.1. The fourth-order valence-corrected chi connectivity index (χ4v) is 7.85. The van der Waals surface area contributed by atoms with E-state index in [0.717, 1.165) is 18.9 Å². The van der Waals surface area contributed by atoms with Crippen molar-refractivity contribution < 1.29 is 37.0 Å². The highest BCUT2D eigenvalue weighted by Crippen LogP contribution is 2.68. The van der Waals surface area contributed by atoms with Crippen LogP contribution in [0.4, 0.5) is 17.6 Å². The number of benzene rings is 1. The highest BCUT2D eigenvalue weighted by Gasteiger charge is 2.70. The Morgan fingerprint density at radius 1 is 0.971 bits per heavy atom. The van der Waals surface area contributed by atoms with E-state index < -0.39 is 46.2 Å². The standard InChI is InChI=1S/C26H29F4NO4/c27-18-7-20(35-14-23-8-24(28)11-25(29,9-23)13-26(30,10-23)12-24)16(15-3-4-15)6-17(18)21(32)31-5-1-2-19(31)22(33)34/h6-7,15,19H,1-5,8-14H2,(H,33,34)/t19-,23?,24?,25?,26?/m0/s1. The van der Waals surface area contributed by atoms with Crippen LogP contribution in [0.2, 0.25) is 0 Å². The minimum Gasteiger partial charge on any atom is -0.493 e. The monoisotopic (exact) mass is 495 g/mol. The van der Waals surface area contributed by atoms with Gasteiger partial charge in [0.25, 0.3) is 5.91 Å². The lowest BCUT2D eigenvalue weighted by Gasteiger charge is -2.62. The molecule has 9 heteroatoms. The van der Waals surface area contributed by atoms with Crippen LogP contribution < -0.4 is 4.74 Å². The van der Waals surface area contributed by atoms with Crippen molar-refractivity contribution in [2.45, 2.75) is 93.2 Å². The molecule has 6 aliphatic rings. The zero-order valence-corrected chi connectivity index (χ0v) is 19.4. The van der Waals surface area contributed by atoms with E-state index in [1.165, 1.54) is 11.0 Å². The van der Waals surface area contributed by atoms with Crippen LogP contribution >= 0.6 is 0 Å². The number of alkyl halides is 3. The molecule has 1 N–H and O–H groups in total. The summed E-state index contributed by atoms with van der Waals surface area (Å²) in [5.41, 5.74) is -6.24. The van der Waals surface area contributed by atoms with Crippen LogP contribution in [0.5, 0.6) is 5.75 Å². The summed E-state index contributed by atoms with van der Waals surface area (Å²) in [6, 6.07) is 1.58. The third kappa shape index (κ3) is 3.89. The first-order chi connectivity index (χ1) is 16.4. The van der Waals surface area contributed by atoms with Crippen LogP contribution in [0, 0.1) is 11.2 Å². The number of carbonyl (C=O) groups excluding carboxylic acids is 1. The zero-order chi connectivity index (χ0) is 24.8. The van der Waals surface area contributed by atoms with Crippen LogP contribution in [-0.2, 0) is 4.79 Å². The lowest BCUT2D eigenvalue weighted by atomic mass is 9.46. The van der Waals surface area contributed by atoms with Gasteiger partial charge in [0.1, 0.15) is 34.6 Å². The molecule has 0 aromatic heterocycles. The van der Waals surface area contributed by atoms with Gasteiger partial charge in [0, 0.05) is 37.3 Å². The molecule has 5 nitrogen and oxygen atoms in total. The summed E-state index contributed by atoms with van der Waals surface area (Å²) in [6.07, 6.45) is 1.77. The first-order valence-electron chi connectivity index (χ1n) is 12.5. The number of carboxylic acids is 1. The predicted octanol–water partition coefficient (Wildman–Crippen LogP) is 5.26. The molecule has 7 rings (SSSR count). The topological polar surface area (TPSA) is 66.8 Å². The van der Waals surface area contributed by atoms with Gasteiger partial charge in [-0.3, -0.25) is 4.79 Å². The maximum atomic E-state index is 15.3. The van der Waals surface area contributed by atoms with E-state index in [4.69, 9.17) is 4.74 Å². The summed E-state index contributed by atoms with van der Waals surface area (Å²) in [6.45, 7) is 0.130. The molecular weight excluding hydrogens is 466 g/mol. The fourth-order valence-electron chi connectivity index (χ4n) is 7.85. The summed E-state index contributed by atoms with van der Waals surface area (Å²) in [5, 5.41) is 9.40. The van der Waals surface area contributed by atoms with Crippen molar-refractivity contribution in [2.24, 2.45) is 5.41 Å². The van der Waals surface area contributed by atoms with E-state index >= 15 is 17.6 Å². The third-order valence-electron chi connectivity index (χ3n) is 8.66. The molecule has 1 amide bonds. The Morgan fingerprint density at radius 3 is 2.11 bits per heavy atom. The van der Waals surface area contributed by atoms with Crippen LogP contribution in [0.15, 0.2) is 12.1 Å². The lowest BCUT2D eigenvalue weighted by Crippen LogP contribution is -2.66. The molecule has 1 aromatic carbocycles. The first-order valence-corrected chi connectivity index (χ1v) is 12.5. The molecule has 1 atom stereocenters. The molecule has 1 heterocycles. The van der Waals surface area contributed by atoms with Gasteiger partial charge < -0.3 is 14.7 Å². The maximum absolute atomic E-state index is 15.3. The van der Waals surface area contributed by atoms with Crippen LogP contribution in [-0.4, -0.2) is 58.1 Å². The fraction of sp³-hybridized carbons (Fsp3) is 0.692. The Morgan fingerprint density at radius 2 is 1.57 bits per heavy atom. The molecule has 0 spiro atoms. The number of aliphatic carboxylic acids is 1. The number of ether oxygens (including phenoxy) is 1. The van der Waals surface area contributed by atoms with Crippen molar-refractivity contribution in [1.82, 2.24) is 4.90 Å². The maximum Gasteiger partial charge on any atom is 0.326 e. The Labute approximate surface area is 200 Å². The molecule has 0 unspecified atom stereocenters. The predicted molar refractivity (Wildman–Crippen MR) is 117 cm³/mol. The average molecular weight is 496 g/mol. The summed E-state index contributed by atoms with van der Waals surface area (Å²) in [5.74, 6) is -2.34. The van der Waals surface area contributed by atoms with Crippen molar-refractivity contribution in [2.75, 3.05) is 13.2 Å². The minimum absolute atomic E-state index is 0.0285. The summed E-state index contributed by atoms with van der Waals surface area (Å²) in [7, 11) is 0. The van der Waals surface area contributed by atoms with Gasteiger partial charge in [-0.25, -0.2) is 22.4 Å². The van der Waals surface area contributed by atoms with Crippen LogP contribution in [0.3, 0.4) is 0 Å². The number of nitrogens with zero attached hydrogens (tertiary/aromatic N) is 1. The molecule has 1 aromatic rings. The Balaban J connectivity index is 1.27. The SMILES string of the molecule is O=C(O)[C@@H]1CCCN1C(=O)c1cc(C2CC2)c(OCC23CC4(F)CC(F)(CC(F)(C4)C2)C3)cc1F. The van der Waals surface area contributed by atoms with Crippen molar-refractivity contribution in [1.29, 1.82) is 0 Å². The number of halogens is 4. The van der Waals surface area contributed by atoms with E-state index in [9.17, 15) is 14.7 Å². The molecule has 5 saturated carbocycles. The van der Waals surface area contributed by atoms with E-state index in [1.807, 2.05) is 0 Å². The number of likely N-dealkylation sites (tertiary alicyclic amines) is 1. The molecule has 5 aliphatic carbocycles. The van der Waals surface area contributed by atoms with E-state index in [1.54, 1.807) is 0 Å². The summed E-state index contributed by atoms with van der Waals surface area (Å²) in [4.78, 5) is 25.7. The highest BCUT2D eigenvalue weighted by molar-refractivity contribution is 5.97. The lowest BCUT2D eigenvalue weighted by molar-refractivity contribution is -0.223. The van der Waals surface area contributed by atoms with Gasteiger partial charge >= 0.3 is 5.97 Å². The van der Waals surface area contributed by atoms with Gasteiger partial charge in [0.05, 0.1) is 12.2 Å². The van der Waals surface area contributed by atoms with E-state index in [-0.39, 0.29) is 68.9 Å². The summed E-state index contributed by atoms with van der Waals surface area (Å²) < 4.78 is 67.1. The third-order valence-corrected chi connectivity index (χ3v) is 8.66. The number of rotatable bonds is 6. The molecule has 190 valence electrons. The van der Waals surface area contributed by atoms with E-state index in [0.29, 0.717) is 18.4 Å². The average Bonchev–Trinajstić information content (AvgIpc) is 3.43. The van der Waals surface area contributed by atoms with Gasteiger partial charge in [0.2, 0.25) is 0 Å². The second-order valence-corrected chi connectivity index (χ2v) is 11.9. The second kappa shape index (κ2) is 7.35. The van der Waals surface area contributed by atoms with Crippen molar-refractivity contribution in [3.63, 3.8) is 0 Å². The number of hydrogen-bond acceptors (Lipinski definition) is 3. The number of carbonyl (C=O) groups is 2. The van der Waals surface area contributed by atoms with Gasteiger partial charge in [-0.05, 0) is 62.5 Å². The van der Waals surface area contributed by atoms with Crippen molar-refractivity contribution in [3.05, 3.63) is 29.1 Å².